The van der Waals surface area contributed by atoms with Crippen molar-refractivity contribution in [1.82, 2.24) is 10.2 Å². The van der Waals surface area contributed by atoms with Crippen LogP contribution in [0.2, 0.25) is 0 Å². The molecule has 1 aromatic heterocycles. The van der Waals surface area contributed by atoms with Gasteiger partial charge in [-0.25, -0.2) is 9.18 Å². The minimum atomic E-state index is -0.806. The van der Waals surface area contributed by atoms with Crippen molar-refractivity contribution in [1.29, 1.82) is 5.26 Å². The fourth-order valence-corrected chi connectivity index (χ4v) is 2.35. The molecule has 0 saturated carbocycles. The van der Waals surface area contributed by atoms with E-state index < -0.39 is 18.0 Å². The maximum absolute atomic E-state index is 13.0. The first-order valence-electron chi connectivity index (χ1n) is 8.53. The van der Waals surface area contributed by atoms with Gasteiger partial charge in [0.15, 0.2) is 6.10 Å². The molecule has 29 heavy (non-hydrogen) atoms. The molecule has 0 saturated heterocycles. The lowest BCUT2D eigenvalue weighted by Crippen LogP contribution is -2.11. The van der Waals surface area contributed by atoms with Crippen molar-refractivity contribution < 1.29 is 23.1 Å². The molecule has 0 unspecified atom stereocenters. The van der Waals surface area contributed by atoms with Crippen LogP contribution in [0.3, 0.4) is 0 Å². The number of rotatable bonds is 6. The molecule has 0 fully saturated rings. The van der Waals surface area contributed by atoms with Crippen LogP contribution >= 0.6 is 0 Å². The Labute approximate surface area is 164 Å². The predicted octanol–water partition coefficient (Wildman–Crippen LogP) is 3.65. The Hall–Kier alpha value is -4.06. The van der Waals surface area contributed by atoms with Gasteiger partial charge in [0.25, 0.3) is 5.89 Å². The Morgan fingerprint density at radius 2 is 1.86 bits per heavy atom. The number of benzene rings is 2. The van der Waals surface area contributed by atoms with Crippen molar-refractivity contribution in [3.63, 3.8) is 0 Å². The summed E-state index contributed by atoms with van der Waals surface area (Å²) in [6.45, 7) is 1.58. The monoisotopic (exact) mass is 394 g/mol. The Morgan fingerprint density at radius 3 is 2.52 bits per heavy atom. The van der Waals surface area contributed by atoms with Gasteiger partial charge in [0.1, 0.15) is 12.2 Å². The highest BCUT2D eigenvalue weighted by Crippen LogP contribution is 2.23. The zero-order valence-corrected chi connectivity index (χ0v) is 15.3. The second-order valence-electron chi connectivity index (χ2n) is 5.96. The number of amides is 1. The molecular formula is C20H15FN4O4. The molecule has 0 bridgehead atoms. The lowest BCUT2D eigenvalue weighted by atomic mass is 10.2. The van der Waals surface area contributed by atoms with Crippen molar-refractivity contribution in [3.8, 4) is 17.5 Å². The number of carbonyl (C=O) groups excluding carboxylic acids is 2. The highest BCUT2D eigenvalue weighted by atomic mass is 19.1. The van der Waals surface area contributed by atoms with Crippen LogP contribution in [-0.4, -0.2) is 22.1 Å². The van der Waals surface area contributed by atoms with E-state index in [-0.39, 0.29) is 29.6 Å². The molecule has 0 aliphatic rings. The maximum atomic E-state index is 13.0. The van der Waals surface area contributed by atoms with E-state index in [0.717, 1.165) is 0 Å². The summed E-state index contributed by atoms with van der Waals surface area (Å²) in [5.41, 5.74) is 1.25. The van der Waals surface area contributed by atoms with Crippen molar-refractivity contribution in [3.05, 3.63) is 65.8 Å². The predicted molar refractivity (Wildman–Crippen MR) is 98.8 cm³/mol. The highest BCUT2D eigenvalue weighted by Gasteiger charge is 2.20. The molecule has 3 aromatic rings. The van der Waals surface area contributed by atoms with Crippen molar-refractivity contribution >= 4 is 17.6 Å². The Morgan fingerprint density at radius 1 is 1.17 bits per heavy atom. The van der Waals surface area contributed by atoms with E-state index in [0.29, 0.717) is 11.3 Å². The number of hydrogen-bond acceptors (Lipinski definition) is 7. The van der Waals surface area contributed by atoms with E-state index in [1.165, 1.54) is 48.5 Å². The summed E-state index contributed by atoms with van der Waals surface area (Å²) in [7, 11) is 0. The molecule has 8 nitrogen and oxygen atoms in total. The Bertz CT molecular complexity index is 1060. The SMILES string of the molecule is C[C@H](OC(=O)c1ccc(NC(=O)CC#N)cc1)c1nnc(-c2ccc(F)cc2)o1. The zero-order valence-electron chi connectivity index (χ0n) is 15.3. The maximum Gasteiger partial charge on any atom is 0.338 e. The van der Waals surface area contributed by atoms with Crippen LogP contribution in [0.15, 0.2) is 52.9 Å². The summed E-state index contributed by atoms with van der Waals surface area (Å²) in [6, 6.07) is 13.3. The van der Waals surface area contributed by atoms with Gasteiger partial charge >= 0.3 is 5.97 Å². The molecule has 9 heteroatoms. The standard InChI is InChI=1S/C20H15FN4O4/c1-12(18-24-25-19(29-18)13-2-6-15(21)7-3-13)28-20(27)14-4-8-16(9-5-14)23-17(26)10-11-22/h2-9,12H,10H2,1H3,(H,23,26)/t12-/m0/s1. The molecule has 2 aromatic carbocycles. The van der Waals surface area contributed by atoms with Crippen LogP contribution in [0, 0.1) is 17.1 Å². The van der Waals surface area contributed by atoms with E-state index in [1.54, 1.807) is 13.0 Å². The van der Waals surface area contributed by atoms with E-state index in [4.69, 9.17) is 14.4 Å². The summed E-state index contributed by atoms with van der Waals surface area (Å²) in [6.07, 6.45) is -1.06. The number of aromatic nitrogens is 2. The number of esters is 1. The fraction of sp³-hybridized carbons (Fsp3) is 0.150. The quantitative estimate of drug-likeness (QED) is 0.634. The molecular weight excluding hydrogens is 379 g/mol. The van der Waals surface area contributed by atoms with E-state index in [2.05, 4.69) is 15.5 Å². The van der Waals surface area contributed by atoms with Crippen molar-refractivity contribution in [2.75, 3.05) is 5.32 Å². The first kappa shape index (κ1) is 19.7. The first-order valence-corrected chi connectivity index (χ1v) is 8.53. The number of nitriles is 1. The van der Waals surface area contributed by atoms with Crippen molar-refractivity contribution in [2.45, 2.75) is 19.4 Å². The van der Waals surface area contributed by atoms with Gasteiger partial charge in [-0.15, -0.1) is 10.2 Å². The Balaban J connectivity index is 1.62. The lowest BCUT2D eigenvalue weighted by Gasteiger charge is -2.10. The number of halogens is 1. The average molecular weight is 394 g/mol. The second-order valence-corrected chi connectivity index (χ2v) is 5.96. The van der Waals surface area contributed by atoms with Gasteiger partial charge in [-0.2, -0.15) is 5.26 Å². The van der Waals surface area contributed by atoms with Gasteiger partial charge < -0.3 is 14.5 Å². The summed E-state index contributed by atoms with van der Waals surface area (Å²) in [4.78, 5) is 23.7. The normalized spacial score (nSPS) is 11.3. The second kappa shape index (κ2) is 8.75. The molecule has 1 N–H and O–H groups in total. The van der Waals surface area contributed by atoms with Gasteiger partial charge in [-0.3, -0.25) is 4.79 Å². The zero-order chi connectivity index (χ0) is 20.8. The highest BCUT2D eigenvalue weighted by molar-refractivity contribution is 5.93. The van der Waals surface area contributed by atoms with E-state index in [9.17, 15) is 14.0 Å². The summed E-state index contributed by atoms with van der Waals surface area (Å²) in [5, 5.41) is 18.8. The molecule has 0 aliphatic carbocycles. The number of anilines is 1. The molecule has 0 radical (unpaired) electrons. The van der Waals surface area contributed by atoms with Gasteiger partial charge in [-0.1, -0.05) is 0 Å². The number of carbonyl (C=O) groups is 2. The van der Waals surface area contributed by atoms with Crippen LogP contribution in [0.5, 0.6) is 0 Å². The fourth-order valence-electron chi connectivity index (χ4n) is 2.35. The largest absolute Gasteiger partial charge is 0.449 e. The summed E-state index contributed by atoms with van der Waals surface area (Å²) in [5.74, 6) is -1.16. The van der Waals surface area contributed by atoms with Crippen LogP contribution < -0.4 is 5.32 Å². The lowest BCUT2D eigenvalue weighted by molar-refractivity contribution is -0.115. The number of nitrogens with one attached hydrogen (secondary N) is 1. The Kier molecular flexibility index (Phi) is 5.94. The van der Waals surface area contributed by atoms with Crippen molar-refractivity contribution in [2.24, 2.45) is 0 Å². The summed E-state index contributed by atoms with van der Waals surface area (Å²) < 4.78 is 23.8. The number of ether oxygens (including phenoxy) is 1. The van der Waals surface area contributed by atoms with Gasteiger partial charge in [0.05, 0.1) is 11.6 Å². The number of nitrogens with zero attached hydrogens (tertiary/aromatic N) is 3. The third-order valence-electron chi connectivity index (χ3n) is 3.81. The molecule has 0 aliphatic heterocycles. The van der Waals surface area contributed by atoms with Gasteiger partial charge in [0.2, 0.25) is 11.8 Å². The van der Waals surface area contributed by atoms with Crippen LogP contribution in [0.4, 0.5) is 10.1 Å². The topological polar surface area (TPSA) is 118 Å². The van der Waals surface area contributed by atoms with Crippen LogP contribution in [0.1, 0.15) is 35.7 Å². The third kappa shape index (κ3) is 5.01. The molecule has 1 heterocycles. The summed E-state index contributed by atoms with van der Waals surface area (Å²) >= 11 is 0. The van der Waals surface area contributed by atoms with Gasteiger partial charge in [0, 0.05) is 11.3 Å². The molecule has 146 valence electrons. The number of hydrogen-bond donors (Lipinski definition) is 1. The van der Waals surface area contributed by atoms with Crippen LogP contribution in [-0.2, 0) is 9.53 Å². The first-order chi connectivity index (χ1) is 14.0. The molecule has 1 amide bonds. The smallest absolute Gasteiger partial charge is 0.338 e. The molecule has 0 spiro atoms. The van der Waals surface area contributed by atoms with Gasteiger partial charge in [-0.05, 0) is 55.5 Å². The minimum Gasteiger partial charge on any atom is -0.449 e. The van der Waals surface area contributed by atoms with Crippen LogP contribution in [0.25, 0.3) is 11.5 Å². The molecule has 1 atom stereocenters. The third-order valence-corrected chi connectivity index (χ3v) is 3.81. The molecule has 3 rings (SSSR count). The minimum absolute atomic E-state index is 0.0954. The van der Waals surface area contributed by atoms with E-state index >= 15 is 0 Å². The average Bonchev–Trinajstić information content (AvgIpc) is 3.19. The van der Waals surface area contributed by atoms with E-state index in [1.807, 2.05) is 0 Å².